The number of ether oxygens (including phenoxy) is 1. The first-order chi connectivity index (χ1) is 13.8. The van der Waals surface area contributed by atoms with Crippen molar-refractivity contribution in [3.05, 3.63) is 72.4 Å². The van der Waals surface area contributed by atoms with Crippen LogP contribution in [0.5, 0.6) is 0 Å². The zero-order chi connectivity index (χ0) is 19.4. The normalized spacial score (nSPS) is 11.5. The van der Waals surface area contributed by atoms with E-state index in [2.05, 4.69) is 27.6 Å². The third kappa shape index (κ3) is 6.28. The Morgan fingerprint density at radius 1 is 1.18 bits per heavy atom. The van der Waals surface area contributed by atoms with Crippen molar-refractivity contribution in [2.24, 2.45) is 4.99 Å². The van der Waals surface area contributed by atoms with Crippen molar-refractivity contribution >= 4 is 5.96 Å². The van der Waals surface area contributed by atoms with Gasteiger partial charge in [0.2, 0.25) is 0 Å². The minimum atomic E-state index is 0.507. The van der Waals surface area contributed by atoms with Crippen molar-refractivity contribution in [3.63, 3.8) is 0 Å². The molecular formula is C21H27N5O2. The highest BCUT2D eigenvalue weighted by Gasteiger charge is 2.02. The van der Waals surface area contributed by atoms with Crippen molar-refractivity contribution in [3.8, 4) is 5.69 Å². The average Bonchev–Trinajstić information content (AvgIpc) is 3.41. The minimum absolute atomic E-state index is 0.507. The Balaban J connectivity index is 1.41. The summed E-state index contributed by atoms with van der Waals surface area (Å²) in [5.41, 5.74) is 2.10. The minimum Gasteiger partial charge on any atom is -0.467 e. The van der Waals surface area contributed by atoms with Crippen molar-refractivity contribution in [2.45, 2.75) is 26.5 Å². The van der Waals surface area contributed by atoms with Crippen LogP contribution < -0.4 is 10.6 Å². The maximum absolute atomic E-state index is 5.59. The second kappa shape index (κ2) is 10.9. The van der Waals surface area contributed by atoms with Crippen LogP contribution in [0.25, 0.3) is 5.69 Å². The predicted molar refractivity (Wildman–Crippen MR) is 109 cm³/mol. The van der Waals surface area contributed by atoms with E-state index in [0.717, 1.165) is 42.5 Å². The van der Waals surface area contributed by atoms with Gasteiger partial charge in [0.05, 0.1) is 24.7 Å². The summed E-state index contributed by atoms with van der Waals surface area (Å²) in [6, 6.07) is 13.8. The number of hydrogen-bond donors (Lipinski definition) is 2. The standard InChI is InChI=1S/C21H27N5O2/c1-2-22-21(23-11-7-12-27-17-20-10-6-13-28-20)24-14-18-15-25-26(16-18)19-8-4-3-5-9-19/h3-6,8-10,13,15-16H,2,7,11-12,14,17H2,1H3,(H2,22,23,24). The molecule has 2 N–H and O–H groups in total. The van der Waals surface area contributed by atoms with Crippen LogP contribution in [0.15, 0.2) is 70.5 Å². The molecule has 0 aliphatic heterocycles. The van der Waals surface area contributed by atoms with Crippen molar-refractivity contribution in [2.75, 3.05) is 19.7 Å². The number of rotatable bonds is 10. The van der Waals surface area contributed by atoms with E-state index < -0.39 is 0 Å². The fourth-order valence-electron chi connectivity index (χ4n) is 2.62. The molecule has 148 valence electrons. The molecule has 2 heterocycles. The van der Waals surface area contributed by atoms with Gasteiger partial charge in [0, 0.05) is 31.5 Å². The van der Waals surface area contributed by atoms with E-state index in [9.17, 15) is 0 Å². The van der Waals surface area contributed by atoms with E-state index in [1.807, 2.05) is 59.5 Å². The fourth-order valence-corrected chi connectivity index (χ4v) is 2.62. The van der Waals surface area contributed by atoms with Gasteiger partial charge in [-0.2, -0.15) is 5.10 Å². The zero-order valence-corrected chi connectivity index (χ0v) is 16.2. The Kier molecular flexibility index (Phi) is 7.69. The molecular weight excluding hydrogens is 354 g/mol. The molecule has 0 radical (unpaired) electrons. The second-order valence-corrected chi connectivity index (χ2v) is 6.24. The molecule has 3 rings (SSSR count). The number of hydrogen-bond acceptors (Lipinski definition) is 4. The number of aliphatic imine (C=N–C) groups is 1. The van der Waals surface area contributed by atoms with Crippen molar-refractivity contribution in [1.29, 1.82) is 0 Å². The van der Waals surface area contributed by atoms with Crippen LogP contribution >= 0.6 is 0 Å². The fraction of sp³-hybridized carbons (Fsp3) is 0.333. The van der Waals surface area contributed by atoms with Crippen LogP contribution in [0.4, 0.5) is 0 Å². The lowest BCUT2D eigenvalue weighted by molar-refractivity contribution is 0.105. The van der Waals surface area contributed by atoms with E-state index >= 15 is 0 Å². The van der Waals surface area contributed by atoms with E-state index in [1.54, 1.807) is 6.26 Å². The molecule has 7 heteroatoms. The molecule has 0 aliphatic rings. The first-order valence-corrected chi connectivity index (χ1v) is 9.56. The van der Waals surface area contributed by atoms with Gasteiger partial charge in [-0.1, -0.05) is 18.2 Å². The van der Waals surface area contributed by atoms with E-state index in [0.29, 0.717) is 19.8 Å². The smallest absolute Gasteiger partial charge is 0.191 e. The second-order valence-electron chi connectivity index (χ2n) is 6.24. The number of guanidine groups is 1. The number of benzene rings is 1. The van der Waals surface area contributed by atoms with Crippen LogP contribution in [-0.2, 0) is 17.9 Å². The predicted octanol–water partition coefficient (Wildman–Crippen LogP) is 3.13. The van der Waals surface area contributed by atoms with Gasteiger partial charge in [-0.15, -0.1) is 0 Å². The highest BCUT2D eigenvalue weighted by Crippen LogP contribution is 2.08. The lowest BCUT2D eigenvalue weighted by Gasteiger charge is -2.11. The average molecular weight is 381 g/mol. The largest absolute Gasteiger partial charge is 0.467 e. The summed E-state index contributed by atoms with van der Waals surface area (Å²) < 4.78 is 12.7. The lowest BCUT2D eigenvalue weighted by Crippen LogP contribution is -2.38. The van der Waals surface area contributed by atoms with Gasteiger partial charge < -0.3 is 19.8 Å². The summed E-state index contributed by atoms with van der Waals surface area (Å²) in [7, 11) is 0. The van der Waals surface area contributed by atoms with E-state index in [4.69, 9.17) is 9.15 Å². The lowest BCUT2D eigenvalue weighted by atomic mass is 10.3. The summed E-state index contributed by atoms with van der Waals surface area (Å²) >= 11 is 0. The monoisotopic (exact) mass is 381 g/mol. The number of aromatic nitrogens is 2. The SMILES string of the molecule is CCNC(=NCc1cnn(-c2ccccc2)c1)NCCCOCc1ccco1. The van der Waals surface area contributed by atoms with Gasteiger partial charge in [0.1, 0.15) is 12.4 Å². The Bertz CT molecular complexity index is 828. The van der Waals surface area contributed by atoms with Crippen LogP contribution in [-0.4, -0.2) is 35.4 Å². The number of nitrogens with one attached hydrogen (secondary N) is 2. The van der Waals surface area contributed by atoms with Gasteiger partial charge in [0.25, 0.3) is 0 Å². The summed E-state index contributed by atoms with van der Waals surface area (Å²) in [6.45, 7) is 5.38. The topological polar surface area (TPSA) is 76.6 Å². The van der Waals surface area contributed by atoms with Crippen LogP contribution in [0, 0.1) is 0 Å². The molecule has 0 unspecified atom stereocenters. The van der Waals surface area contributed by atoms with Gasteiger partial charge in [0.15, 0.2) is 5.96 Å². The molecule has 0 saturated carbocycles. The molecule has 0 bridgehead atoms. The maximum Gasteiger partial charge on any atom is 0.191 e. The molecule has 0 atom stereocenters. The molecule has 0 spiro atoms. The number of nitrogens with zero attached hydrogens (tertiary/aromatic N) is 3. The third-order valence-electron chi connectivity index (χ3n) is 4.00. The maximum atomic E-state index is 5.59. The summed E-state index contributed by atoms with van der Waals surface area (Å²) in [6.07, 6.45) is 6.40. The number of para-hydroxylation sites is 1. The molecule has 7 nitrogen and oxygen atoms in total. The molecule has 0 fully saturated rings. The summed E-state index contributed by atoms with van der Waals surface area (Å²) in [5.74, 6) is 1.64. The molecule has 0 saturated heterocycles. The van der Waals surface area contributed by atoms with Crippen molar-refractivity contribution in [1.82, 2.24) is 20.4 Å². The highest BCUT2D eigenvalue weighted by molar-refractivity contribution is 5.79. The molecule has 0 amide bonds. The van der Waals surface area contributed by atoms with Gasteiger partial charge in [-0.3, -0.25) is 0 Å². The van der Waals surface area contributed by atoms with E-state index in [-0.39, 0.29) is 0 Å². The molecule has 28 heavy (non-hydrogen) atoms. The molecule has 2 aromatic heterocycles. The van der Waals surface area contributed by atoms with Crippen LogP contribution in [0.3, 0.4) is 0 Å². The first kappa shape index (κ1) is 19.7. The summed E-state index contributed by atoms with van der Waals surface area (Å²) in [5, 5.41) is 11.0. The Morgan fingerprint density at radius 2 is 2.07 bits per heavy atom. The Morgan fingerprint density at radius 3 is 2.86 bits per heavy atom. The summed E-state index contributed by atoms with van der Waals surface area (Å²) in [4.78, 5) is 4.63. The van der Waals surface area contributed by atoms with Crippen LogP contribution in [0.1, 0.15) is 24.7 Å². The highest BCUT2D eigenvalue weighted by atomic mass is 16.5. The van der Waals surface area contributed by atoms with E-state index in [1.165, 1.54) is 0 Å². The molecule has 3 aromatic rings. The number of furan rings is 1. The quantitative estimate of drug-likeness (QED) is 0.321. The first-order valence-electron chi connectivity index (χ1n) is 9.56. The molecule has 0 aliphatic carbocycles. The molecule has 1 aromatic carbocycles. The van der Waals surface area contributed by atoms with Gasteiger partial charge in [-0.25, -0.2) is 9.67 Å². The Labute approximate surface area is 165 Å². The van der Waals surface area contributed by atoms with Gasteiger partial charge in [-0.05, 0) is 37.6 Å². The van der Waals surface area contributed by atoms with Crippen LogP contribution in [0.2, 0.25) is 0 Å². The van der Waals surface area contributed by atoms with Gasteiger partial charge >= 0.3 is 0 Å². The zero-order valence-electron chi connectivity index (χ0n) is 16.2. The third-order valence-corrected chi connectivity index (χ3v) is 4.00. The Hall–Kier alpha value is -3.06. The van der Waals surface area contributed by atoms with Crippen molar-refractivity contribution < 1.29 is 9.15 Å².